The van der Waals surface area contributed by atoms with Crippen molar-refractivity contribution in [1.29, 1.82) is 0 Å². The molecular weight excluding hydrogens is 224 g/mol. The summed E-state index contributed by atoms with van der Waals surface area (Å²) in [6.07, 6.45) is 4.43. The Kier molecular flexibility index (Phi) is 3.61. The molecule has 6 heteroatoms. The number of thiazole rings is 1. The van der Waals surface area contributed by atoms with Crippen LogP contribution in [0.2, 0.25) is 0 Å². The fraction of sp³-hybridized carbons (Fsp3) is 0.600. The van der Waals surface area contributed by atoms with Gasteiger partial charge < -0.3 is 16.0 Å². The number of rotatable bonds is 4. The molecule has 0 bridgehead atoms. The zero-order valence-electron chi connectivity index (χ0n) is 9.11. The third-order valence-corrected chi connectivity index (χ3v) is 3.38. The van der Waals surface area contributed by atoms with Crippen LogP contribution in [0.25, 0.3) is 0 Å². The molecule has 1 aliphatic rings. The second-order valence-electron chi connectivity index (χ2n) is 3.83. The van der Waals surface area contributed by atoms with Gasteiger partial charge in [-0.1, -0.05) is 11.3 Å². The number of amides is 1. The van der Waals surface area contributed by atoms with Crippen LogP contribution in [0, 0.1) is 0 Å². The minimum Gasteiger partial charge on any atom is -0.389 e. The number of aromatic nitrogens is 1. The summed E-state index contributed by atoms with van der Waals surface area (Å²) in [4.78, 5) is 17.7. The van der Waals surface area contributed by atoms with E-state index >= 15 is 0 Å². The van der Waals surface area contributed by atoms with E-state index < -0.39 is 0 Å². The normalized spacial score (nSPS) is 15.4. The van der Waals surface area contributed by atoms with Gasteiger partial charge in [0.25, 0.3) is 0 Å². The molecule has 1 aromatic rings. The van der Waals surface area contributed by atoms with Crippen molar-refractivity contribution in [3.63, 3.8) is 0 Å². The van der Waals surface area contributed by atoms with Gasteiger partial charge in [-0.3, -0.25) is 4.79 Å². The summed E-state index contributed by atoms with van der Waals surface area (Å²) in [5.74, 6) is 0.231. The van der Waals surface area contributed by atoms with Crippen LogP contribution >= 0.6 is 11.3 Å². The molecule has 0 atom stereocenters. The van der Waals surface area contributed by atoms with Crippen molar-refractivity contribution in [3.8, 4) is 0 Å². The van der Waals surface area contributed by atoms with E-state index in [0.717, 1.165) is 31.1 Å². The smallest absolute Gasteiger partial charge is 0.224 e. The topological polar surface area (TPSA) is 71.2 Å². The zero-order valence-corrected chi connectivity index (χ0v) is 9.92. The van der Waals surface area contributed by atoms with Gasteiger partial charge in [0.15, 0.2) is 5.13 Å². The van der Waals surface area contributed by atoms with Crippen molar-refractivity contribution < 1.29 is 4.79 Å². The first-order valence-electron chi connectivity index (χ1n) is 5.48. The van der Waals surface area contributed by atoms with Crippen molar-refractivity contribution in [3.05, 3.63) is 6.20 Å². The number of nitrogens with two attached hydrogens (primary N) is 1. The fourth-order valence-corrected chi connectivity index (χ4v) is 2.38. The Bertz CT molecular complexity index is 359. The van der Waals surface area contributed by atoms with Gasteiger partial charge in [-0.2, -0.15) is 0 Å². The molecule has 1 amide bonds. The average Bonchev–Trinajstić information content (AvgIpc) is 2.89. The maximum atomic E-state index is 11.7. The maximum Gasteiger partial charge on any atom is 0.224 e. The van der Waals surface area contributed by atoms with Crippen LogP contribution in [-0.2, 0) is 4.79 Å². The molecule has 0 aromatic carbocycles. The molecule has 0 aliphatic carbocycles. The summed E-state index contributed by atoms with van der Waals surface area (Å²) in [7, 11) is 0. The van der Waals surface area contributed by atoms with Gasteiger partial charge in [0.1, 0.15) is 5.00 Å². The van der Waals surface area contributed by atoms with E-state index in [2.05, 4.69) is 10.3 Å². The van der Waals surface area contributed by atoms with E-state index in [4.69, 9.17) is 5.73 Å². The molecule has 1 aliphatic heterocycles. The van der Waals surface area contributed by atoms with Gasteiger partial charge in [0.05, 0.1) is 6.20 Å². The minimum absolute atomic E-state index is 0.231. The fourth-order valence-electron chi connectivity index (χ4n) is 1.77. The predicted octanol–water partition coefficient (Wildman–Crippen LogP) is 1.15. The summed E-state index contributed by atoms with van der Waals surface area (Å²) in [6.45, 7) is 2.47. The summed E-state index contributed by atoms with van der Waals surface area (Å²) >= 11 is 1.40. The molecule has 88 valence electrons. The number of anilines is 2. The molecule has 0 saturated carbocycles. The van der Waals surface area contributed by atoms with Crippen LogP contribution in [0.1, 0.15) is 19.3 Å². The van der Waals surface area contributed by atoms with E-state index in [1.165, 1.54) is 11.3 Å². The third kappa shape index (κ3) is 2.85. The molecule has 2 heterocycles. The van der Waals surface area contributed by atoms with Crippen LogP contribution < -0.4 is 11.1 Å². The highest BCUT2D eigenvalue weighted by atomic mass is 32.1. The van der Waals surface area contributed by atoms with Crippen molar-refractivity contribution in [2.24, 2.45) is 0 Å². The summed E-state index contributed by atoms with van der Waals surface area (Å²) in [6, 6.07) is 0. The highest BCUT2D eigenvalue weighted by molar-refractivity contribution is 7.19. The van der Waals surface area contributed by atoms with Crippen molar-refractivity contribution in [2.45, 2.75) is 19.3 Å². The van der Waals surface area contributed by atoms with Crippen LogP contribution in [0.4, 0.5) is 10.1 Å². The number of hydrogen-bond donors (Lipinski definition) is 2. The lowest BCUT2D eigenvalue weighted by Gasteiger charge is -2.14. The molecule has 2 rings (SSSR count). The maximum absolute atomic E-state index is 11.7. The first-order valence-corrected chi connectivity index (χ1v) is 6.30. The largest absolute Gasteiger partial charge is 0.389 e. The first-order chi connectivity index (χ1) is 7.75. The van der Waals surface area contributed by atoms with Gasteiger partial charge >= 0.3 is 0 Å². The number of hydrogen-bond acceptors (Lipinski definition) is 5. The van der Waals surface area contributed by atoms with E-state index in [-0.39, 0.29) is 5.91 Å². The highest BCUT2D eigenvalue weighted by Gasteiger charge is 2.16. The van der Waals surface area contributed by atoms with Crippen LogP contribution in [0.3, 0.4) is 0 Å². The molecule has 3 N–H and O–H groups in total. The molecule has 0 unspecified atom stereocenters. The van der Waals surface area contributed by atoms with E-state index in [0.29, 0.717) is 18.0 Å². The molecule has 1 fully saturated rings. The molecule has 0 radical (unpaired) electrons. The van der Waals surface area contributed by atoms with Crippen LogP contribution in [0.5, 0.6) is 0 Å². The quantitative estimate of drug-likeness (QED) is 0.828. The number of nitrogens with zero attached hydrogens (tertiary/aromatic N) is 2. The number of carbonyl (C=O) groups is 1. The van der Waals surface area contributed by atoms with Gasteiger partial charge in [-0.15, -0.1) is 0 Å². The van der Waals surface area contributed by atoms with Gasteiger partial charge in [0.2, 0.25) is 5.91 Å². The lowest BCUT2D eigenvalue weighted by molar-refractivity contribution is -0.129. The van der Waals surface area contributed by atoms with Crippen LogP contribution in [-0.4, -0.2) is 35.4 Å². The molecule has 1 saturated heterocycles. The average molecular weight is 240 g/mol. The van der Waals surface area contributed by atoms with Crippen molar-refractivity contribution in [2.75, 3.05) is 30.7 Å². The zero-order chi connectivity index (χ0) is 11.4. The number of nitrogens with one attached hydrogen (secondary N) is 1. The predicted molar refractivity (Wildman–Crippen MR) is 65.4 cm³/mol. The molecule has 16 heavy (non-hydrogen) atoms. The third-order valence-electron chi connectivity index (χ3n) is 2.60. The summed E-state index contributed by atoms with van der Waals surface area (Å²) in [5.41, 5.74) is 5.55. The van der Waals surface area contributed by atoms with Gasteiger partial charge in [-0.05, 0) is 12.8 Å². The second kappa shape index (κ2) is 5.16. The van der Waals surface area contributed by atoms with E-state index in [1.54, 1.807) is 6.20 Å². The second-order valence-corrected chi connectivity index (χ2v) is 4.89. The minimum atomic E-state index is 0.231. The lowest BCUT2D eigenvalue weighted by atomic mass is 10.3. The molecule has 5 nitrogen and oxygen atoms in total. The number of likely N-dealkylation sites (tertiary alicyclic amines) is 1. The van der Waals surface area contributed by atoms with Crippen molar-refractivity contribution in [1.82, 2.24) is 9.88 Å². The Morgan fingerprint density at radius 1 is 1.56 bits per heavy atom. The number of nitrogen functional groups attached to an aromatic ring is 1. The standard InChI is InChI=1S/C10H16N4OS/c11-8-7-13-10(16-8)12-4-3-9(15)14-5-1-2-6-14/h7H,1-6,11H2,(H,12,13). The lowest BCUT2D eigenvalue weighted by Crippen LogP contribution is -2.29. The molecule has 0 spiro atoms. The van der Waals surface area contributed by atoms with E-state index in [9.17, 15) is 4.79 Å². The van der Waals surface area contributed by atoms with E-state index in [1.807, 2.05) is 4.90 Å². The monoisotopic (exact) mass is 240 g/mol. The highest BCUT2D eigenvalue weighted by Crippen LogP contribution is 2.19. The van der Waals surface area contributed by atoms with Crippen LogP contribution in [0.15, 0.2) is 6.20 Å². The molecular formula is C10H16N4OS. The Hall–Kier alpha value is -1.30. The number of carbonyl (C=O) groups excluding carboxylic acids is 1. The Morgan fingerprint density at radius 3 is 2.94 bits per heavy atom. The molecule has 1 aromatic heterocycles. The Balaban J connectivity index is 1.69. The summed E-state index contributed by atoms with van der Waals surface area (Å²) in [5, 5.41) is 4.57. The van der Waals surface area contributed by atoms with Gasteiger partial charge in [0, 0.05) is 26.1 Å². The Morgan fingerprint density at radius 2 is 2.31 bits per heavy atom. The first kappa shape index (κ1) is 11.2. The Labute approximate surface area is 98.7 Å². The van der Waals surface area contributed by atoms with Gasteiger partial charge in [-0.25, -0.2) is 4.98 Å². The van der Waals surface area contributed by atoms with Crippen molar-refractivity contribution >= 4 is 27.4 Å². The summed E-state index contributed by atoms with van der Waals surface area (Å²) < 4.78 is 0. The SMILES string of the molecule is Nc1cnc(NCCC(=O)N2CCCC2)s1.